The van der Waals surface area contributed by atoms with Crippen molar-refractivity contribution < 1.29 is 0 Å². The Morgan fingerprint density at radius 1 is 0.409 bits per heavy atom. The Morgan fingerprint density at radius 2 is 0.727 bits per heavy atom. The summed E-state index contributed by atoms with van der Waals surface area (Å²) in [5, 5.41) is 0. The Labute approximate surface area is 160 Å². The molecule has 0 spiro atoms. The molecule has 0 atom stereocenters. The van der Waals surface area contributed by atoms with E-state index in [9.17, 15) is 0 Å². The first kappa shape index (κ1) is 25.5. The van der Waals surface area contributed by atoms with E-state index in [2.05, 4.69) is 27.7 Å². The first-order chi connectivity index (χ1) is 10.2. The molecule has 0 saturated carbocycles. The van der Waals surface area contributed by atoms with Crippen LogP contribution in [-0.4, -0.2) is 49.1 Å². The van der Waals surface area contributed by atoms with Crippen LogP contribution in [-0.2, 0) is 0 Å². The maximum Gasteiger partial charge on any atom is 3.00 e. The van der Waals surface area contributed by atoms with Gasteiger partial charge in [-0.3, -0.25) is 0 Å². The minimum atomic E-state index is -0.601. The smallest absolute Gasteiger partial charge is 0.0654 e. The fourth-order valence-electron chi connectivity index (χ4n) is 3.38. The predicted octanol–water partition coefficient (Wildman–Crippen LogP) is 7.38. The van der Waals surface area contributed by atoms with Crippen molar-refractivity contribution in [3.63, 3.8) is 0 Å². The second kappa shape index (κ2) is 18.6. The fraction of sp³-hybridized carbons (Fsp3) is 1.00. The maximum atomic E-state index is 2.37. The van der Waals surface area contributed by atoms with Gasteiger partial charge in [-0.2, -0.15) is 0 Å². The summed E-state index contributed by atoms with van der Waals surface area (Å²) in [4.78, 5) is 0. The van der Waals surface area contributed by atoms with E-state index in [1.165, 1.54) is 77.0 Å². The van der Waals surface area contributed by atoms with E-state index >= 15 is 0 Å². The zero-order valence-electron chi connectivity index (χ0n) is 16.2. The molecule has 0 aromatic carbocycles. The van der Waals surface area contributed by atoms with E-state index in [4.69, 9.17) is 0 Å². The van der Waals surface area contributed by atoms with E-state index in [0.717, 1.165) is 0 Å². The Morgan fingerprint density at radius 3 is 1.14 bits per heavy atom. The van der Waals surface area contributed by atoms with Gasteiger partial charge in [-0.1, -0.05) is 72.6 Å². The van der Waals surface area contributed by atoms with Gasteiger partial charge >= 0.3 is 24.4 Å². The summed E-state index contributed by atoms with van der Waals surface area (Å²) in [5.41, 5.74) is 0. The topological polar surface area (TPSA) is 0 Å². The van der Waals surface area contributed by atoms with Gasteiger partial charge in [0.1, 0.15) is 0 Å². The molecule has 22 heavy (non-hydrogen) atoms. The van der Waals surface area contributed by atoms with Crippen LogP contribution in [0.2, 0.25) is 0 Å². The molecular weight excluding hydrogens is 393 g/mol. The summed E-state index contributed by atoms with van der Waals surface area (Å²) in [6.45, 7) is 9.44. The van der Waals surface area contributed by atoms with Crippen LogP contribution in [0.25, 0.3) is 0 Å². The first-order valence-corrected chi connectivity index (χ1v) is 12.6. The summed E-state index contributed by atoms with van der Waals surface area (Å²) >= 11 is 0. The molecule has 0 aromatic heterocycles. The number of rotatable bonds is 16. The predicted molar refractivity (Wildman–Crippen MR) is 110 cm³/mol. The van der Waals surface area contributed by atoms with Crippen molar-refractivity contribution in [1.82, 2.24) is 0 Å². The standard InChI is InChI=1S/C20H44P.Sb/c1-5-9-13-14-15-16-20-21(17-10-6-2,18-11-7-3)19-12-8-4;/h5-20H2,1-4H3;/q+1;+3. The second-order valence-electron chi connectivity index (χ2n) is 7.06. The molecule has 0 saturated heterocycles. The van der Waals surface area contributed by atoms with Gasteiger partial charge in [0.25, 0.3) is 0 Å². The molecule has 2 radical (unpaired) electrons. The van der Waals surface area contributed by atoms with Gasteiger partial charge in [0, 0.05) is 7.26 Å². The summed E-state index contributed by atoms with van der Waals surface area (Å²) < 4.78 is 0. The molecule has 0 aliphatic rings. The Kier molecular flexibility index (Phi) is 21.5. The minimum absolute atomic E-state index is 0. The maximum absolute atomic E-state index is 2.37. The summed E-state index contributed by atoms with van der Waals surface area (Å²) in [6, 6.07) is 0. The molecule has 0 unspecified atom stereocenters. The SMILES string of the molecule is CCCCCCCC[P+](CCCC)(CCCC)CCCC.[Sb+3]. The number of unbranched alkanes of at least 4 members (excludes halogenated alkanes) is 8. The molecule has 0 amide bonds. The van der Waals surface area contributed by atoms with Crippen molar-refractivity contribution in [2.24, 2.45) is 0 Å². The van der Waals surface area contributed by atoms with Crippen molar-refractivity contribution in [3.8, 4) is 0 Å². The average molecular weight is 437 g/mol. The van der Waals surface area contributed by atoms with E-state index in [0.29, 0.717) is 0 Å². The average Bonchev–Trinajstić information content (AvgIpc) is 2.51. The van der Waals surface area contributed by atoms with E-state index < -0.39 is 7.26 Å². The monoisotopic (exact) mass is 436 g/mol. The van der Waals surface area contributed by atoms with Crippen LogP contribution >= 0.6 is 7.26 Å². The molecule has 0 heterocycles. The van der Waals surface area contributed by atoms with Crippen molar-refractivity contribution in [2.75, 3.05) is 24.6 Å². The first-order valence-electron chi connectivity index (χ1n) is 10.1. The van der Waals surface area contributed by atoms with Gasteiger partial charge in [-0.15, -0.1) is 0 Å². The van der Waals surface area contributed by atoms with Gasteiger partial charge in [0.05, 0.1) is 24.6 Å². The van der Waals surface area contributed by atoms with Crippen LogP contribution in [0.15, 0.2) is 0 Å². The van der Waals surface area contributed by atoms with E-state index in [1.807, 2.05) is 0 Å². The minimum Gasteiger partial charge on any atom is -0.0654 e. The van der Waals surface area contributed by atoms with Crippen LogP contribution in [0.4, 0.5) is 0 Å². The molecular formula is C20H44PSb+4. The quantitative estimate of drug-likeness (QED) is 0.134. The molecule has 2 heteroatoms. The van der Waals surface area contributed by atoms with Crippen LogP contribution in [0, 0.1) is 0 Å². The Hall–Kier alpha value is 1.25. The Balaban J connectivity index is 0. The molecule has 0 aliphatic heterocycles. The summed E-state index contributed by atoms with van der Waals surface area (Å²) in [6.07, 6.45) is 24.0. The van der Waals surface area contributed by atoms with E-state index in [1.54, 1.807) is 24.6 Å². The van der Waals surface area contributed by atoms with Crippen molar-refractivity contribution in [2.45, 2.75) is 105 Å². The van der Waals surface area contributed by atoms with E-state index in [-0.39, 0.29) is 24.4 Å². The van der Waals surface area contributed by atoms with Crippen molar-refractivity contribution in [1.29, 1.82) is 0 Å². The van der Waals surface area contributed by atoms with Crippen LogP contribution in [0.5, 0.6) is 0 Å². The van der Waals surface area contributed by atoms with Gasteiger partial charge in [0.2, 0.25) is 0 Å². The van der Waals surface area contributed by atoms with Crippen molar-refractivity contribution >= 4 is 31.7 Å². The zero-order chi connectivity index (χ0) is 15.8. The molecule has 0 rings (SSSR count). The van der Waals surface area contributed by atoms with Gasteiger partial charge in [-0.05, 0) is 32.1 Å². The summed E-state index contributed by atoms with van der Waals surface area (Å²) in [7, 11) is -0.601. The second-order valence-corrected chi connectivity index (χ2v) is 11.5. The fourth-order valence-corrected chi connectivity index (χ4v) is 8.58. The molecule has 130 valence electrons. The van der Waals surface area contributed by atoms with Crippen LogP contribution in [0.3, 0.4) is 0 Å². The third-order valence-corrected chi connectivity index (χ3v) is 10.0. The number of hydrogen-bond donors (Lipinski definition) is 0. The molecule has 0 fully saturated rings. The number of hydrogen-bond acceptors (Lipinski definition) is 0. The molecule has 0 nitrogen and oxygen atoms in total. The molecule has 0 bridgehead atoms. The third kappa shape index (κ3) is 13.7. The molecule has 0 N–H and O–H groups in total. The third-order valence-electron chi connectivity index (χ3n) is 4.94. The van der Waals surface area contributed by atoms with Gasteiger partial charge in [-0.25, -0.2) is 0 Å². The molecule has 0 aromatic rings. The van der Waals surface area contributed by atoms with Crippen LogP contribution in [0.1, 0.15) is 105 Å². The zero-order valence-corrected chi connectivity index (χ0v) is 19.7. The van der Waals surface area contributed by atoms with Gasteiger partial charge < -0.3 is 0 Å². The van der Waals surface area contributed by atoms with Crippen LogP contribution < -0.4 is 0 Å². The van der Waals surface area contributed by atoms with Crippen molar-refractivity contribution in [3.05, 3.63) is 0 Å². The normalized spacial score (nSPS) is 11.5. The molecule has 0 aliphatic carbocycles. The Bertz CT molecular complexity index is 184. The van der Waals surface area contributed by atoms with Gasteiger partial charge in [0.15, 0.2) is 0 Å². The largest absolute Gasteiger partial charge is 3.00 e. The summed E-state index contributed by atoms with van der Waals surface area (Å²) in [5.74, 6) is 0.